The third-order valence-corrected chi connectivity index (χ3v) is 3.49. The van der Waals surface area contributed by atoms with Crippen molar-refractivity contribution in [3.63, 3.8) is 0 Å². The fraction of sp³-hybridized carbons (Fsp3) is 0.200. The van der Waals surface area contributed by atoms with Gasteiger partial charge in [0.2, 0.25) is 0 Å². The second-order valence-corrected chi connectivity index (χ2v) is 4.77. The van der Waals surface area contributed by atoms with E-state index in [0.717, 1.165) is 36.0 Å². The highest BCUT2D eigenvalue weighted by molar-refractivity contribution is 5.63. The Morgan fingerprint density at radius 3 is 2.84 bits per heavy atom. The molecule has 0 bridgehead atoms. The van der Waals surface area contributed by atoms with E-state index >= 15 is 0 Å². The maximum atomic E-state index is 13.7. The van der Waals surface area contributed by atoms with E-state index in [4.69, 9.17) is 5.73 Å². The summed E-state index contributed by atoms with van der Waals surface area (Å²) in [5.74, 6) is -1.55. The van der Waals surface area contributed by atoms with Gasteiger partial charge in [0, 0.05) is 30.0 Å². The van der Waals surface area contributed by atoms with E-state index < -0.39 is 11.6 Å². The largest absolute Gasteiger partial charge is 0.399 e. The summed E-state index contributed by atoms with van der Waals surface area (Å²) >= 11 is 0. The van der Waals surface area contributed by atoms with Crippen LogP contribution in [0.3, 0.4) is 0 Å². The minimum absolute atomic E-state index is 0.376. The SMILES string of the molecule is Nc1ccc2c(c1)CCN2Cc1cccc(F)c1F. The number of hydrogen-bond acceptors (Lipinski definition) is 2. The van der Waals surface area contributed by atoms with Crippen molar-refractivity contribution in [1.82, 2.24) is 0 Å². The van der Waals surface area contributed by atoms with Crippen LogP contribution in [-0.4, -0.2) is 6.54 Å². The molecule has 0 fully saturated rings. The van der Waals surface area contributed by atoms with Crippen molar-refractivity contribution >= 4 is 11.4 Å². The average molecular weight is 260 g/mol. The van der Waals surface area contributed by atoms with Crippen molar-refractivity contribution in [1.29, 1.82) is 0 Å². The molecule has 3 rings (SSSR count). The third-order valence-electron chi connectivity index (χ3n) is 3.49. The summed E-state index contributed by atoms with van der Waals surface area (Å²) in [7, 11) is 0. The minimum atomic E-state index is -0.797. The first kappa shape index (κ1) is 12.0. The van der Waals surface area contributed by atoms with E-state index in [0.29, 0.717) is 12.1 Å². The van der Waals surface area contributed by atoms with Crippen molar-refractivity contribution in [2.45, 2.75) is 13.0 Å². The van der Waals surface area contributed by atoms with Gasteiger partial charge in [0.05, 0.1) is 0 Å². The van der Waals surface area contributed by atoms with Crippen molar-refractivity contribution in [3.05, 3.63) is 59.2 Å². The monoisotopic (exact) mass is 260 g/mol. The summed E-state index contributed by atoms with van der Waals surface area (Å²) in [5.41, 5.74) is 9.08. The van der Waals surface area contributed by atoms with Gasteiger partial charge in [-0.2, -0.15) is 0 Å². The molecule has 0 aliphatic carbocycles. The average Bonchev–Trinajstić information content (AvgIpc) is 2.77. The molecule has 2 aromatic carbocycles. The molecule has 19 heavy (non-hydrogen) atoms. The lowest BCUT2D eigenvalue weighted by Crippen LogP contribution is -2.20. The lowest BCUT2D eigenvalue weighted by molar-refractivity contribution is 0.497. The summed E-state index contributed by atoms with van der Waals surface area (Å²) in [4.78, 5) is 2.05. The highest BCUT2D eigenvalue weighted by atomic mass is 19.2. The molecular weight excluding hydrogens is 246 g/mol. The molecule has 0 atom stereocenters. The Morgan fingerprint density at radius 2 is 2.00 bits per heavy atom. The molecule has 1 aliphatic rings. The summed E-state index contributed by atoms with van der Waals surface area (Å²) in [6.07, 6.45) is 0.886. The lowest BCUT2D eigenvalue weighted by Gasteiger charge is -2.20. The van der Waals surface area contributed by atoms with Gasteiger partial charge in [-0.05, 0) is 36.2 Å². The minimum Gasteiger partial charge on any atom is -0.399 e. The van der Waals surface area contributed by atoms with Crippen LogP contribution in [-0.2, 0) is 13.0 Å². The molecule has 2 aromatic rings. The van der Waals surface area contributed by atoms with Crippen molar-refractivity contribution in [2.75, 3.05) is 17.2 Å². The molecule has 0 amide bonds. The van der Waals surface area contributed by atoms with Gasteiger partial charge in [-0.15, -0.1) is 0 Å². The number of halogens is 2. The zero-order valence-corrected chi connectivity index (χ0v) is 10.4. The number of nitrogens with two attached hydrogens (primary N) is 1. The van der Waals surface area contributed by atoms with Crippen molar-refractivity contribution in [3.8, 4) is 0 Å². The normalized spacial score (nSPS) is 13.7. The molecule has 0 saturated carbocycles. The smallest absolute Gasteiger partial charge is 0.163 e. The number of rotatable bonds is 2. The molecule has 1 heterocycles. The zero-order chi connectivity index (χ0) is 13.4. The number of hydrogen-bond donors (Lipinski definition) is 1. The lowest BCUT2D eigenvalue weighted by atomic mass is 10.1. The van der Waals surface area contributed by atoms with E-state index in [1.165, 1.54) is 6.07 Å². The van der Waals surface area contributed by atoms with Gasteiger partial charge in [0.25, 0.3) is 0 Å². The highest BCUT2D eigenvalue weighted by Gasteiger charge is 2.20. The Hall–Kier alpha value is -2.10. The number of fused-ring (bicyclic) bond motifs is 1. The molecule has 2 N–H and O–H groups in total. The quantitative estimate of drug-likeness (QED) is 0.841. The Kier molecular flexibility index (Phi) is 2.85. The fourth-order valence-corrected chi connectivity index (χ4v) is 2.53. The van der Waals surface area contributed by atoms with Crippen LogP contribution in [0.1, 0.15) is 11.1 Å². The van der Waals surface area contributed by atoms with Crippen LogP contribution in [0.5, 0.6) is 0 Å². The molecule has 1 aliphatic heterocycles. The van der Waals surface area contributed by atoms with Crippen LogP contribution < -0.4 is 10.6 Å². The van der Waals surface area contributed by atoms with Gasteiger partial charge >= 0.3 is 0 Å². The van der Waals surface area contributed by atoms with E-state index in [1.807, 2.05) is 23.1 Å². The first-order valence-electron chi connectivity index (χ1n) is 6.21. The van der Waals surface area contributed by atoms with E-state index in [9.17, 15) is 8.78 Å². The second kappa shape index (κ2) is 4.53. The molecule has 4 heteroatoms. The molecule has 0 saturated heterocycles. The molecule has 0 radical (unpaired) electrons. The Balaban J connectivity index is 1.89. The maximum Gasteiger partial charge on any atom is 0.163 e. The third kappa shape index (κ3) is 2.14. The first-order valence-corrected chi connectivity index (χ1v) is 6.21. The van der Waals surface area contributed by atoms with Crippen LogP contribution >= 0.6 is 0 Å². The Bertz CT molecular complexity index is 626. The maximum absolute atomic E-state index is 13.7. The molecule has 98 valence electrons. The van der Waals surface area contributed by atoms with Crippen LogP contribution in [0.4, 0.5) is 20.2 Å². The molecule has 0 spiro atoms. The predicted molar refractivity (Wildman–Crippen MR) is 72.0 cm³/mol. The topological polar surface area (TPSA) is 29.3 Å². The summed E-state index contributed by atoms with van der Waals surface area (Å²) in [6.45, 7) is 1.18. The molecule has 0 aromatic heterocycles. The van der Waals surface area contributed by atoms with Gasteiger partial charge in [-0.1, -0.05) is 12.1 Å². The first-order chi connectivity index (χ1) is 9.15. The van der Waals surface area contributed by atoms with Gasteiger partial charge in [-0.3, -0.25) is 0 Å². The van der Waals surface area contributed by atoms with Crippen LogP contribution in [0.2, 0.25) is 0 Å². The molecule has 2 nitrogen and oxygen atoms in total. The van der Waals surface area contributed by atoms with Gasteiger partial charge in [0.1, 0.15) is 0 Å². The Labute approximate surface area is 110 Å². The highest BCUT2D eigenvalue weighted by Crippen LogP contribution is 2.31. The number of nitrogen functional groups attached to an aromatic ring is 1. The predicted octanol–water partition coefficient (Wildman–Crippen LogP) is 3.11. The van der Waals surface area contributed by atoms with Gasteiger partial charge in [0.15, 0.2) is 11.6 Å². The Morgan fingerprint density at radius 1 is 1.16 bits per heavy atom. The number of nitrogens with zero attached hydrogens (tertiary/aromatic N) is 1. The van der Waals surface area contributed by atoms with Gasteiger partial charge < -0.3 is 10.6 Å². The van der Waals surface area contributed by atoms with E-state index in [1.54, 1.807) is 6.07 Å². The van der Waals surface area contributed by atoms with Crippen LogP contribution in [0.25, 0.3) is 0 Å². The summed E-state index contributed by atoms with van der Waals surface area (Å²) in [6, 6.07) is 10.0. The van der Waals surface area contributed by atoms with Crippen LogP contribution in [0, 0.1) is 11.6 Å². The summed E-state index contributed by atoms with van der Waals surface area (Å²) < 4.78 is 26.9. The fourth-order valence-electron chi connectivity index (χ4n) is 2.53. The van der Waals surface area contributed by atoms with E-state index in [2.05, 4.69) is 0 Å². The molecular formula is C15H14F2N2. The van der Waals surface area contributed by atoms with Gasteiger partial charge in [-0.25, -0.2) is 8.78 Å². The van der Waals surface area contributed by atoms with Crippen molar-refractivity contribution < 1.29 is 8.78 Å². The molecule has 0 unspecified atom stereocenters. The van der Waals surface area contributed by atoms with Crippen LogP contribution in [0.15, 0.2) is 36.4 Å². The van der Waals surface area contributed by atoms with E-state index in [-0.39, 0.29) is 0 Å². The standard InChI is InChI=1S/C15H14F2N2/c16-13-3-1-2-11(15(13)17)9-19-7-6-10-8-12(18)4-5-14(10)19/h1-5,8H,6-7,9,18H2. The number of anilines is 2. The second-order valence-electron chi connectivity index (χ2n) is 4.77. The van der Waals surface area contributed by atoms with Crippen molar-refractivity contribution in [2.24, 2.45) is 0 Å². The summed E-state index contributed by atoms with van der Waals surface area (Å²) in [5, 5.41) is 0. The zero-order valence-electron chi connectivity index (χ0n) is 10.4. The number of benzene rings is 2.